The standard InChI is InChI=1S/C11H19N3O/c1-7(2)5-10-13-11(15-14-10)8-3-4-9(12)6-8/h7-9H,3-6,12H2,1-2H3/t8-,9+/m1/s1. The van der Waals surface area contributed by atoms with Crippen LogP contribution < -0.4 is 5.73 Å². The second-order valence-corrected chi connectivity index (χ2v) is 4.92. The summed E-state index contributed by atoms with van der Waals surface area (Å²) in [5, 5.41) is 4.00. The summed E-state index contributed by atoms with van der Waals surface area (Å²) in [5.41, 5.74) is 5.86. The van der Waals surface area contributed by atoms with Gasteiger partial charge in [-0.2, -0.15) is 4.98 Å². The van der Waals surface area contributed by atoms with E-state index in [-0.39, 0.29) is 0 Å². The van der Waals surface area contributed by atoms with Gasteiger partial charge in [0.15, 0.2) is 5.82 Å². The number of nitrogens with two attached hydrogens (primary N) is 1. The number of aromatic nitrogens is 2. The van der Waals surface area contributed by atoms with E-state index in [9.17, 15) is 0 Å². The van der Waals surface area contributed by atoms with Crippen molar-refractivity contribution in [3.63, 3.8) is 0 Å². The second-order valence-electron chi connectivity index (χ2n) is 4.92. The first kappa shape index (κ1) is 10.6. The molecule has 0 saturated heterocycles. The Morgan fingerprint density at radius 2 is 2.27 bits per heavy atom. The fourth-order valence-electron chi connectivity index (χ4n) is 2.12. The lowest BCUT2D eigenvalue weighted by atomic mass is 10.1. The SMILES string of the molecule is CC(C)Cc1noc([C@@H]2CC[C@H](N)C2)n1. The maximum absolute atomic E-state index is 5.86. The largest absolute Gasteiger partial charge is 0.339 e. The smallest absolute Gasteiger partial charge is 0.229 e. The fourth-order valence-corrected chi connectivity index (χ4v) is 2.12. The van der Waals surface area contributed by atoms with Gasteiger partial charge in [-0.1, -0.05) is 19.0 Å². The van der Waals surface area contributed by atoms with E-state index in [1.165, 1.54) is 0 Å². The summed E-state index contributed by atoms with van der Waals surface area (Å²) in [6.45, 7) is 4.31. The molecule has 0 aromatic carbocycles. The van der Waals surface area contributed by atoms with E-state index in [0.717, 1.165) is 37.4 Å². The molecule has 0 unspecified atom stereocenters. The van der Waals surface area contributed by atoms with Crippen LogP contribution in [-0.4, -0.2) is 16.2 Å². The Hall–Kier alpha value is -0.900. The molecule has 1 aromatic rings. The van der Waals surface area contributed by atoms with Crippen LogP contribution in [0.1, 0.15) is 50.7 Å². The first-order chi connectivity index (χ1) is 7.15. The topological polar surface area (TPSA) is 64.9 Å². The summed E-state index contributed by atoms with van der Waals surface area (Å²) in [6, 6.07) is 0.315. The molecule has 2 atom stereocenters. The molecule has 0 amide bonds. The van der Waals surface area contributed by atoms with Crippen molar-refractivity contribution in [2.24, 2.45) is 11.7 Å². The molecule has 1 aromatic heterocycles. The minimum Gasteiger partial charge on any atom is -0.339 e. The molecule has 1 aliphatic rings. The average Bonchev–Trinajstić information content (AvgIpc) is 2.72. The van der Waals surface area contributed by atoms with E-state index in [2.05, 4.69) is 24.0 Å². The summed E-state index contributed by atoms with van der Waals surface area (Å²) < 4.78 is 5.28. The zero-order valence-corrected chi connectivity index (χ0v) is 9.44. The van der Waals surface area contributed by atoms with Crippen LogP contribution in [0, 0.1) is 5.92 Å². The van der Waals surface area contributed by atoms with Crippen molar-refractivity contribution in [3.8, 4) is 0 Å². The number of hydrogen-bond acceptors (Lipinski definition) is 4. The van der Waals surface area contributed by atoms with Gasteiger partial charge >= 0.3 is 0 Å². The van der Waals surface area contributed by atoms with Gasteiger partial charge in [0.25, 0.3) is 0 Å². The zero-order valence-electron chi connectivity index (χ0n) is 9.44. The molecule has 84 valence electrons. The third kappa shape index (κ3) is 2.56. The maximum atomic E-state index is 5.86. The van der Waals surface area contributed by atoms with Crippen molar-refractivity contribution in [1.29, 1.82) is 0 Å². The van der Waals surface area contributed by atoms with E-state index in [1.54, 1.807) is 0 Å². The van der Waals surface area contributed by atoms with Gasteiger partial charge in [-0.3, -0.25) is 0 Å². The van der Waals surface area contributed by atoms with Crippen LogP contribution in [-0.2, 0) is 6.42 Å². The van der Waals surface area contributed by atoms with E-state index < -0.39 is 0 Å². The third-order valence-electron chi connectivity index (χ3n) is 2.90. The molecule has 1 heterocycles. The molecule has 2 N–H and O–H groups in total. The van der Waals surface area contributed by atoms with Crippen molar-refractivity contribution < 1.29 is 4.52 Å². The number of rotatable bonds is 3. The molecule has 1 fully saturated rings. The van der Waals surface area contributed by atoms with E-state index in [4.69, 9.17) is 10.3 Å². The Morgan fingerprint density at radius 3 is 2.87 bits per heavy atom. The van der Waals surface area contributed by atoms with E-state index >= 15 is 0 Å². The minimum absolute atomic E-state index is 0.315. The normalized spacial score (nSPS) is 26.4. The van der Waals surface area contributed by atoms with Gasteiger partial charge < -0.3 is 10.3 Å². The highest BCUT2D eigenvalue weighted by Gasteiger charge is 2.27. The molecule has 1 saturated carbocycles. The Bertz CT molecular complexity index is 321. The summed E-state index contributed by atoms with van der Waals surface area (Å²) >= 11 is 0. The van der Waals surface area contributed by atoms with Crippen molar-refractivity contribution in [1.82, 2.24) is 10.1 Å². The van der Waals surface area contributed by atoms with Crippen LogP contribution in [0.2, 0.25) is 0 Å². The predicted octanol–water partition coefficient (Wildman–Crippen LogP) is 1.86. The fraction of sp³-hybridized carbons (Fsp3) is 0.818. The highest BCUT2D eigenvalue weighted by Crippen LogP contribution is 2.32. The third-order valence-corrected chi connectivity index (χ3v) is 2.90. The summed E-state index contributed by atoms with van der Waals surface area (Å²) in [5.74, 6) is 2.59. The summed E-state index contributed by atoms with van der Waals surface area (Å²) in [6.07, 6.45) is 4.04. The lowest BCUT2D eigenvalue weighted by Gasteiger charge is -2.01. The van der Waals surface area contributed by atoms with Gasteiger partial charge in [0.05, 0.1) is 0 Å². The minimum atomic E-state index is 0.315. The zero-order chi connectivity index (χ0) is 10.8. The van der Waals surface area contributed by atoms with Crippen LogP contribution >= 0.6 is 0 Å². The van der Waals surface area contributed by atoms with Crippen LogP contribution in [0.3, 0.4) is 0 Å². The molecule has 0 aliphatic heterocycles. The van der Waals surface area contributed by atoms with Gasteiger partial charge in [-0.05, 0) is 25.2 Å². The Morgan fingerprint density at radius 1 is 1.47 bits per heavy atom. The average molecular weight is 209 g/mol. The summed E-state index contributed by atoms with van der Waals surface area (Å²) in [4.78, 5) is 4.43. The van der Waals surface area contributed by atoms with E-state index in [0.29, 0.717) is 17.9 Å². The van der Waals surface area contributed by atoms with Crippen LogP contribution in [0.15, 0.2) is 4.52 Å². The van der Waals surface area contributed by atoms with Crippen LogP contribution in [0.4, 0.5) is 0 Å². The van der Waals surface area contributed by atoms with Crippen molar-refractivity contribution in [2.45, 2.75) is 51.5 Å². The van der Waals surface area contributed by atoms with Crippen molar-refractivity contribution in [3.05, 3.63) is 11.7 Å². The lowest BCUT2D eigenvalue weighted by Crippen LogP contribution is -2.14. The molecule has 0 spiro atoms. The van der Waals surface area contributed by atoms with Gasteiger partial charge in [0, 0.05) is 18.4 Å². The molecular formula is C11H19N3O. The van der Waals surface area contributed by atoms with Crippen LogP contribution in [0.25, 0.3) is 0 Å². The first-order valence-electron chi connectivity index (χ1n) is 5.73. The molecule has 4 heteroatoms. The van der Waals surface area contributed by atoms with Gasteiger partial charge in [-0.25, -0.2) is 0 Å². The molecule has 15 heavy (non-hydrogen) atoms. The quantitative estimate of drug-likeness (QED) is 0.825. The second kappa shape index (κ2) is 4.31. The Balaban J connectivity index is 2.00. The highest BCUT2D eigenvalue weighted by molar-refractivity contribution is 4.99. The number of hydrogen-bond donors (Lipinski definition) is 1. The van der Waals surface area contributed by atoms with E-state index in [1.807, 2.05) is 0 Å². The molecule has 0 bridgehead atoms. The van der Waals surface area contributed by atoms with Crippen LogP contribution in [0.5, 0.6) is 0 Å². The lowest BCUT2D eigenvalue weighted by molar-refractivity contribution is 0.348. The molecule has 1 aliphatic carbocycles. The number of nitrogens with zero attached hydrogens (tertiary/aromatic N) is 2. The maximum Gasteiger partial charge on any atom is 0.229 e. The Labute approximate surface area is 90.2 Å². The molecule has 0 radical (unpaired) electrons. The predicted molar refractivity (Wildman–Crippen MR) is 57.4 cm³/mol. The molecule has 2 rings (SSSR count). The van der Waals surface area contributed by atoms with Crippen molar-refractivity contribution >= 4 is 0 Å². The summed E-state index contributed by atoms with van der Waals surface area (Å²) in [7, 11) is 0. The van der Waals surface area contributed by atoms with Gasteiger partial charge in [-0.15, -0.1) is 0 Å². The first-order valence-corrected chi connectivity index (χ1v) is 5.73. The van der Waals surface area contributed by atoms with Gasteiger partial charge in [0.1, 0.15) is 0 Å². The Kier molecular flexibility index (Phi) is 3.05. The van der Waals surface area contributed by atoms with Crippen molar-refractivity contribution in [2.75, 3.05) is 0 Å². The monoisotopic (exact) mass is 209 g/mol. The molecule has 4 nitrogen and oxygen atoms in total. The van der Waals surface area contributed by atoms with Gasteiger partial charge in [0.2, 0.25) is 5.89 Å². The molecular weight excluding hydrogens is 190 g/mol. The highest BCUT2D eigenvalue weighted by atomic mass is 16.5.